The molecule has 0 aromatic carbocycles. The summed E-state index contributed by atoms with van der Waals surface area (Å²) in [4.78, 5) is 12.3. The fraction of sp³-hybridized carbons (Fsp3) is 0.688. The van der Waals surface area contributed by atoms with Crippen LogP contribution in [0.4, 0.5) is 0 Å². The molecule has 0 saturated carbocycles. The quantitative estimate of drug-likeness (QED) is 0.832. The molecule has 0 fully saturated rings. The minimum Gasteiger partial charge on any atom is -0.385 e. The number of ketones is 1. The molecule has 1 aromatic rings. The molecule has 2 rings (SSSR count). The van der Waals surface area contributed by atoms with E-state index in [1.54, 1.807) is 7.11 Å². The van der Waals surface area contributed by atoms with Crippen LogP contribution in [0.3, 0.4) is 0 Å². The summed E-state index contributed by atoms with van der Waals surface area (Å²) in [7, 11) is 1.73. The number of hydrogen-bond donors (Lipinski definition) is 0. The first-order valence-corrected chi connectivity index (χ1v) is 7.08. The van der Waals surface area contributed by atoms with Crippen molar-refractivity contribution in [1.82, 2.24) is 4.57 Å². The van der Waals surface area contributed by atoms with E-state index in [9.17, 15) is 4.79 Å². The lowest BCUT2D eigenvalue weighted by molar-refractivity contribution is 0.0909. The minimum atomic E-state index is 0.0770. The van der Waals surface area contributed by atoms with Crippen LogP contribution >= 0.6 is 0 Å². The first-order chi connectivity index (χ1) is 8.85. The average Bonchev–Trinajstić information content (AvgIpc) is 2.61. The van der Waals surface area contributed by atoms with Crippen LogP contribution < -0.4 is 0 Å². The summed E-state index contributed by atoms with van der Waals surface area (Å²) < 4.78 is 7.52. The van der Waals surface area contributed by atoms with Crippen molar-refractivity contribution < 1.29 is 9.53 Å². The van der Waals surface area contributed by atoms with Gasteiger partial charge < -0.3 is 9.30 Å². The second-order valence-corrected chi connectivity index (χ2v) is 6.59. The zero-order valence-electron chi connectivity index (χ0n) is 12.7. The molecule has 1 atom stereocenters. The first kappa shape index (κ1) is 14.3. The van der Waals surface area contributed by atoms with E-state index in [0.717, 1.165) is 25.0 Å². The third-order valence-corrected chi connectivity index (χ3v) is 4.10. The van der Waals surface area contributed by atoms with E-state index < -0.39 is 0 Å². The first-order valence-electron chi connectivity index (χ1n) is 7.08. The Morgan fingerprint density at radius 1 is 1.42 bits per heavy atom. The lowest BCUT2D eigenvalue weighted by atomic mass is 9.76. The molecule has 1 aliphatic carbocycles. The lowest BCUT2D eigenvalue weighted by Crippen LogP contribution is -2.28. The van der Waals surface area contributed by atoms with Crippen molar-refractivity contribution >= 4 is 5.78 Å². The van der Waals surface area contributed by atoms with Gasteiger partial charge >= 0.3 is 0 Å². The Hall–Kier alpha value is -1.09. The molecule has 0 aliphatic heterocycles. The number of aromatic nitrogens is 1. The Labute approximate surface area is 115 Å². The molecule has 1 heterocycles. The van der Waals surface area contributed by atoms with E-state index in [2.05, 4.69) is 38.3 Å². The van der Waals surface area contributed by atoms with Crippen molar-refractivity contribution in [3.05, 3.63) is 23.0 Å². The van der Waals surface area contributed by atoms with E-state index in [1.165, 1.54) is 11.4 Å². The second kappa shape index (κ2) is 5.12. The Morgan fingerprint density at radius 3 is 2.74 bits per heavy atom. The molecule has 0 radical (unpaired) electrons. The van der Waals surface area contributed by atoms with Gasteiger partial charge in [-0.1, -0.05) is 13.8 Å². The molecular weight excluding hydrogens is 238 g/mol. The van der Waals surface area contributed by atoms with E-state index in [-0.39, 0.29) is 5.41 Å². The summed E-state index contributed by atoms with van der Waals surface area (Å²) >= 11 is 0. The highest BCUT2D eigenvalue weighted by Gasteiger charge is 2.34. The second-order valence-electron chi connectivity index (χ2n) is 6.59. The third-order valence-electron chi connectivity index (χ3n) is 4.10. The van der Waals surface area contributed by atoms with Crippen LogP contribution in [0.2, 0.25) is 0 Å². The molecular formula is C16H25NO2. The van der Waals surface area contributed by atoms with Crippen LogP contribution in [-0.2, 0) is 11.2 Å². The molecule has 3 heteroatoms. The summed E-state index contributed by atoms with van der Waals surface area (Å²) in [5, 5.41) is 0. The highest BCUT2D eigenvalue weighted by atomic mass is 16.5. The molecule has 19 heavy (non-hydrogen) atoms. The summed E-state index contributed by atoms with van der Waals surface area (Å²) in [5.41, 5.74) is 3.44. The van der Waals surface area contributed by atoms with Gasteiger partial charge in [0.15, 0.2) is 5.78 Å². The fourth-order valence-corrected chi connectivity index (χ4v) is 3.20. The van der Waals surface area contributed by atoms with Gasteiger partial charge in [0.25, 0.3) is 0 Å². The number of Topliss-reactive ketones (excluding diaryl/α,β-unsaturated/α-hetero) is 1. The van der Waals surface area contributed by atoms with Gasteiger partial charge in [0, 0.05) is 43.1 Å². The molecule has 0 bridgehead atoms. The number of rotatable bonds is 4. The van der Waals surface area contributed by atoms with Gasteiger partial charge in [0.05, 0.1) is 0 Å². The van der Waals surface area contributed by atoms with Gasteiger partial charge in [-0.15, -0.1) is 0 Å². The van der Waals surface area contributed by atoms with Crippen LogP contribution in [0.5, 0.6) is 0 Å². The number of aryl methyl sites for hydroxylation is 1. The number of ether oxygens (including phenoxy) is 1. The number of methoxy groups -OCH3 is 1. The molecule has 0 spiro atoms. The largest absolute Gasteiger partial charge is 0.385 e. The molecule has 0 amide bonds. The zero-order valence-corrected chi connectivity index (χ0v) is 12.7. The molecule has 1 aliphatic rings. The van der Waals surface area contributed by atoms with Crippen molar-refractivity contribution in [1.29, 1.82) is 0 Å². The number of carbonyl (C=O) groups is 1. The van der Waals surface area contributed by atoms with Gasteiger partial charge in [-0.05, 0) is 38.2 Å². The standard InChI is InChI=1S/C16H25NO2/c1-11(6-7-19-5)17-12(2)8-13-14(17)9-16(3,4)10-15(13)18/h8,11H,6-7,9-10H2,1-5H3. The van der Waals surface area contributed by atoms with Gasteiger partial charge in [-0.3, -0.25) is 4.79 Å². The van der Waals surface area contributed by atoms with Crippen LogP contribution in [0.1, 0.15) is 61.4 Å². The molecule has 0 saturated heterocycles. The van der Waals surface area contributed by atoms with Crippen molar-refractivity contribution in [2.45, 2.75) is 53.0 Å². The van der Waals surface area contributed by atoms with E-state index in [1.807, 2.05) is 0 Å². The Kier molecular flexibility index (Phi) is 3.86. The van der Waals surface area contributed by atoms with Crippen LogP contribution in [0.25, 0.3) is 0 Å². The van der Waals surface area contributed by atoms with Gasteiger partial charge in [0.1, 0.15) is 0 Å². The molecule has 3 nitrogen and oxygen atoms in total. The molecule has 1 unspecified atom stereocenters. The summed E-state index contributed by atoms with van der Waals surface area (Å²) in [5.74, 6) is 0.298. The predicted octanol–water partition coefficient (Wildman–Crippen LogP) is 3.55. The Bertz CT molecular complexity index is 485. The summed E-state index contributed by atoms with van der Waals surface area (Å²) in [6, 6.07) is 2.45. The van der Waals surface area contributed by atoms with Crippen LogP contribution in [-0.4, -0.2) is 24.1 Å². The molecule has 0 N–H and O–H groups in total. The van der Waals surface area contributed by atoms with Gasteiger partial charge in [-0.2, -0.15) is 0 Å². The maximum Gasteiger partial charge on any atom is 0.165 e. The Balaban J connectivity index is 2.38. The monoisotopic (exact) mass is 263 g/mol. The normalized spacial score (nSPS) is 19.3. The SMILES string of the molecule is COCCC(C)n1c(C)cc2c1CC(C)(C)CC2=O. The van der Waals surface area contributed by atoms with E-state index >= 15 is 0 Å². The van der Waals surface area contributed by atoms with Crippen LogP contribution in [0, 0.1) is 12.3 Å². The third kappa shape index (κ3) is 2.76. The highest BCUT2D eigenvalue weighted by molar-refractivity contribution is 5.99. The zero-order chi connectivity index (χ0) is 14.2. The lowest BCUT2D eigenvalue weighted by Gasteiger charge is -2.31. The van der Waals surface area contributed by atoms with Crippen molar-refractivity contribution in [3.8, 4) is 0 Å². The maximum atomic E-state index is 12.3. The smallest absolute Gasteiger partial charge is 0.165 e. The molecule has 106 valence electrons. The van der Waals surface area contributed by atoms with Gasteiger partial charge in [0.2, 0.25) is 0 Å². The number of fused-ring (bicyclic) bond motifs is 1. The van der Waals surface area contributed by atoms with E-state index in [4.69, 9.17) is 4.74 Å². The van der Waals surface area contributed by atoms with Crippen molar-refractivity contribution in [2.24, 2.45) is 5.41 Å². The van der Waals surface area contributed by atoms with Crippen LogP contribution in [0.15, 0.2) is 6.07 Å². The maximum absolute atomic E-state index is 12.3. The summed E-state index contributed by atoms with van der Waals surface area (Å²) in [6.45, 7) is 9.42. The fourth-order valence-electron chi connectivity index (χ4n) is 3.20. The number of nitrogens with zero attached hydrogens (tertiary/aromatic N) is 1. The highest BCUT2D eigenvalue weighted by Crippen LogP contribution is 2.37. The topological polar surface area (TPSA) is 31.2 Å². The van der Waals surface area contributed by atoms with Gasteiger partial charge in [-0.25, -0.2) is 0 Å². The summed E-state index contributed by atoms with van der Waals surface area (Å²) in [6.07, 6.45) is 2.63. The molecule has 1 aromatic heterocycles. The van der Waals surface area contributed by atoms with Crippen molar-refractivity contribution in [2.75, 3.05) is 13.7 Å². The minimum absolute atomic E-state index is 0.0770. The average molecular weight is 263 g/mol. The number of hydrogen-bond acceptors (Lipinski definition) is 2. The Morgan fingerprint density at radius 2 is 2.11 bits per heavy atom. The van der Waals surface area contributed by atoms with Crippen molar-refractivity contribution in [3.63, 3.8) is 0 Å². The number of carbonyl (C=O) groups excluding carboxylic acids is 1. The van der Waals surface area contributed by atoms with E-state index in [0.29, 0.717) is 18.2 Å². The predicted molar refractivity (Wildman–Crippen MR) is 76.8 cm³/mol.